The average Bonchev–Trinajstić information content (AvgIpc) is 2.41. The Morgan fingerprint density at radius 1 is 1.42 bits per heavy atom. The number of hydrogen-bond donors (Lipinski definition) is 1. The van der Waals surface area contributed by atoms with E-state index in [0.717, 1.165) is 37.1 Å². The van der Waals surface area contributed by atoms with E-state index in [4.69, 9.17) is 4.74 Å². The molecular weight excluding hydrogens is 304 g/mol. The molecule has 3 nitrogen and oxygen atoms in total. The van der Waals surface area contributed by atoms with Crippen molar-refractivity contribution in [1.29, 1.82) is 0 Å². The van der Waals surface area contributed by atoms with Crippen LogP contribution in [0, 0.1) is 0 Å². The average molecular weight is 327 g/mol. The predicted octanol–water partition coefficient (Wildman–Crippen LogP) is 2.82. The molecule has 0 aliphatic carbocycles. The van der Waals surface area contributed by atoms with Crippen LogP contribution in [0.4, 0.5) is 0 Å². The van der Waals surface area contributed by atoms with E-state index in [1.165, 1.54) is 5.56 Å². The highest BCUT2D eigenvalue weighted by Crippen LogP contribution is 2.32. The Morgan fingerprint density at radius 3 is 2.95 bits per heavy atom. The van der Waals surface area contributed by atoms with Crippen LogP contribution in [0.5, 0.6) is 0 Å². The van der Waals surface area contributed by atoms with Gasteiger partial charge in [-0.25, -0.2) is 0 Å². The highest BCUT2D eigenvalue weighted by atomic mass is 79.9. The molecule has 2 atom stereocenters. The second kappa shape index (κ2) is 7.39. The maximum atomic E-state index is 5.99. The fourth-order valence-corrected chi connectivity index (χ4v) is 3.13. The van der Waals surface area contributed by atoms with Crippen LogP contribution in [0.15, 0.2) is 28.7 Å². The van der Waals surface area contributed by atoms with Gasteiger partial charge in [-0.3, -0.25) is 4.90 Å². The summed E-state index contributed by atoms with van der Waals surface area (Å²) in [6.07, 6.45) is 1.37. The van der Waals surface area contributed by atoms with Gasteiger partial charge in [-0.05, 0) is 31.6 Å². The fourth-order valence-electron chi connectivity index (χ4n) is 2.61. The molecule has 1 heterocycles. The van der Waals surface area contributed by atoms with E-state index in [9.17, 15) is 0 Å². The number of ether oxygens (including phenoxy) is 1. The number of nitrogens with zero attached hydrogens (tertiary/aromatic N) is 1. The zero-order valence-electron chi connectivity index (χ0n) is 11.7. The molecule has 0 spiro atoms. The highest BCUT2D eigenvalue weighted by molar-refractivity contribution is 9.10. The van der Waals surface area contributed by atoms with E-state index in [2.05, 4.69) is 64.4 Å². The molecule has 4 heteroatoms. The van der Waals surface area contributed by atoms with Crippen LogP contribution in [0.2, 0.25) is 0 Å². The molecule has 2 unspecified atom stereocenters. The van der Waals surface area contributed by atoms with Gasteiger partial charge in [-0.2, -0.15) is 0 Å². The molecule has 0 radical (unpaired) electrons. The SMILES string of the molecule is CCCNCC1OCCN(C)C1c1ccccc1Br. The molecule has 1 aliphatic rings. The summed E-state index contributed by atoms with van der Waals surface area (Å²) < 4.78 is 7.16. The first kappa shape index (κ1) is 15.0. The maximum Gasteiger partial charge on any atom is 0.0896 e. The molecule has 106 valence electrons. The summed E-state index contributed by atoms with van der Waals surface area (Å²) in [6.45, 7) is 5.94. The van der Waals surface area contributed by atoms with Crippen molar-refractivity contribution < 1.29 is 4.74 Å². The third kappa shape index (κ3) is 3.78. The maximum absolute atomic E-state index is 5.99. The quantitative estimate of drug-likeness (QED) is 0.842. The number of halogens is 1. The minimum atomic E-state index is 0.212. The van der Waals surface area contributed by atoms with Crippen molar-refractivity contribution in [2.45, 2.75) is 25.5 Å². The first-order valence-corrected chi connectivity index (χ1v) is 7.80. The van der Waals surface area contributed by atoms with E-state index in [0.29, 0.717) is 6.04 Å². The monoisotopic (exact) mass is 326 g/mol. The van der Waals surface area contributed by atoms with Crippen molar-refractivity contribution in [2.24, 2.45) is 0 Å². The summed E-state index contributed by atoms with van der Waals surface area (Å²) in [5.74, 6) is 0. The van der Waals surface area contributed by atoms with Crippen LogP contribution in [0.1, 0.15) is 24.9 Å². The first-order valence-electron chi connectivity index (χ1n) is 7.01. The van der Waals surface area contributed by atoms with Crippen LogP contribution in [-0.2, 0) is 4.74 Å². The zero-order valence-corrected chi connectivity index (χ0v) is 13.3. The summed E-state index contributed by atoms with van der Waals surface area (Å²) in [6, 6.07) is 8.76. The topological polar surface area (TPSA) is 24.5 Å². The van der Waals surface area contributed by atoms with Crippen LogP contribution < -0.4 is 5.32 Å². The Hall–Kier alpha value is -0.420. The normalized spacial score (nSPS) is 24.6. The Balaban J connectivity index is 2.14. The standard InChI is InChI=1S/C15H23BrN2O/c1-3-8-17-11-14-15(18(2)9-10-19-14)12-6-4-5-7-13(12)16/h4-7,14-15,17H,3,8-11H2,1-2H3. The molecule has 2 rings (SSSR count). The van der Waals surface area contributed by atoms with Crippen molar-refractivity contribution in [2.75, 3.05) is 33.3 Å². The summed E-state index contributed by atoms with van der Waals surface area (Å²) in [7, 11) is 2.18. The van der Waals surface area contributed by atoms with Crippen LogP contribution >= 0.6 is 15.9 Å². The molecule has 0 aromatic heterocycles. The fraction of sp³-hybridized carbons (Fsp3) is 0.600. The number of benzene rings is 1. The number of nitrogens with one attached hydrogen (secondary N) is 1. The van der Waals surface area contributed by atoms with Gasteiger partial charge in [0.1, 0.15) is 0 Å². The van der Waals surface area contributed by atoms with Gasteiger partial charge >= 0.3 is 0 Å². The van der Waals surface area contributed by atoms with Crippen LogP contribution in [-0.4, -0.2) is 44.3 Å². The Morgan fingerprint density at radius 2 is 2.21 bits per heavy atom. The molecule has 1 saturated heterocycles. The predicted molar refractivity (Wildman–Crippen MR) is 82.4 cm³/mol. The lowest BCUT2D eigenvalue weighted by molar-refractivity contribution is -0.0615. The number of hydrogen-bond acceptors (Lipinski definition) is 3. The zero-order chi connectivity index (χ0) is 13.7. The van der Waals surface area contributed by atoms with E-state index in [1.54, 1.807) is 0 Å². The highest BCUT2D eigenvalue weighted by Gasteiger charge is 2.32. The van der Waals surface area contributed by atoms with Crippen LogP contribution in [0.3, 0.4) is 0 Å². The lowest BCUT2D eigenvalue weighted by Crippen LogP contribution is -2.47. The van der Waals surface area contributed by atoms with Crippen molar-refractivity contribution in [3.8, 4) is 0 Å². The second-order valence-corrected chi connectivity index (χ2v) is 5.91. The second-order valence-electron chi connectivity index (χ2n) is 5.06. The summed E-state index contributed by atoms with van der Waals surface area (Å²) in [5.41, 5.74) is 1.31. The van der Waals surface area contributed by atoms with Gasteiger partial charge in [-0.1, -0.05) is 41.1 Å². The van der Waals surface area contributed by atoms with Crippen molar-refractivity contribution >= 4 is 15.9 Å². The van der Waals surface area contributed by atoms with Gasteiger partial charge in [0.25, 0.3) is 0 Å². The Labute approximate surface area is 124 Å². The lowest BCUT2D eigenvalue weighted by Gasteiger charge is -2.40. The number of morpholine rings is 1. The first-order chi connectivity index (χ1) is 9.24. The van der Waals surface area contributed by atoms with Gasteiger partial charge in [0.05, 0.1) is 18.8 Å². The van der Waals surface area contributed by atoms with Crippen molar-refractivity contribution in [1.82, 2.24) is 10.2 Å². The molecule has 19 heavy (non-hydrogen) atoms. The van der Waals surface area contributed by atoms with Gasteiger partial charge in [0.15, 0.2) is 0 Å². The number of rotatable bonds is 5. The minimum Gasteiger partial charge on any atom is -0.374 e. The third-order valence-electron chi connectivity index (χ3n) is 3.60. The van der Waals surface area contributed by atoms with Crippen molar-refractivity contribution in [3.05, 3.63) is 34.3 Å². The summed E-state index contributed by atoms with van der Waals surface area (Å²) in [4.78, 5) is 2.39. The van der Waals surface area contributed by atoms with E-state index >= 15 is 0 Å². The molecular formula is C15H23BrN2O. The molecule has 0 bridgehead atoms. The molecule has 1 aliphatic heterocycles. The molecule has 1 aromatic rings. The molecule has 0 saturated carbocycles. The molecule has 1 N–H and O–H groups in total. The summed E-state index contributed by atoms with van der Waals surface area (Å²) in [5, 5.41) is 3.48. The van der Waals surface area contributed by atoms with Gasteiger partial charge in [0.2, 0.25) is 0 Å². The van der Waals surface area contributed by atoms with Crippen LogP contribution in [0.25, 0.3) is 0 Å². The smallest absolute Gasteiger partial charge is 0.0896 e. The summed E-state index contributed by atoms with van der Waals surface area (Å²) >= 11 is 3.67. The lowest BCUT2D eigenvalue weighted by atomic mass is 9.98. The minimum absolute atomic E-state index is 0.212. The molecule has 1 aromatic carbocycles. The Bertz CT molecular complexity index is 399. The third-order valence-corrected chi connectivity index (χ3v) is 4.32. The van der Waals surface area contributed by atoms with E-state index in [1.807, 2.05) is 0 Å². The molecule has 0 amide bonds. The van der Waals surface area contributed by atoms with Gasteiger partial charge in [0, 0.05) is 17.6 Å². The number of likely N-dealkylation sites (N-methyl/N-ethyl adjacent to an activating group) is 1. The van der Waals surface area contributed by atoms with E-state index in [-0.39, 0.29) is 6.10 Å². The van der Waals surface area contributed by atoms with Crippen molar-refractivity contribution in [3.63, 3.8) is 0 Å². The largest absolute Gasteiger partial charge is 0.374 e. The van der Waals surface area contributed by atoms with Gasteiger partial charge in [-0.15, -0.1) is 0 Å². The molecule has 1 fully saturated rings. The Kier molecular flexibility index (Phi) is 5.82. The van der Waals surface area contributed by atoms with E-state index < -0.39 is 0 Å². The van der Waals surface area contributed by atoms with Gasteiger partial charge < -0.3 is 10.1 Å².